The van der Waals surface area contributed by atoms with Crippen molar-refractivity contribution in [3.63, 3.8) is 0 Å². The van der Waals surface area contributed by atoms with E-state index in [1.807, 2.05) is 11.3 Å². The van der Waals surface area contributed by atoms with Crippen LogP contribution in [0.3, 0.4) is 0 Å². The van der Waals surface area contributed by atoms with Crippen LogP contribution in [0.15, 0.2) is 17.5 Å². The van der Waals surface area contributed by atoms with Gasteiger partial charge in [-0.3, -0.25) is 0 Å². The Labute approximate surface area is 109 Å². The Hall–Kier alpha value is -0.380. The molecular weight excluding hydrogens is 228 g/mol. The molecule has 1 aliphatic carbocycles. The van der Waals surface area contributed by atoms with Crippen LogP contribution < -0.4 is 11.1 Å². The van der Waals surface area contributed by atoms with Crippen LogP contribution in [-0.4, -0.2) is 12.6 Å². The van der Waals surface area contributed by atoms with Gasteiger partial charge in [0.25, 0.3) is 0 Å². The highest BCUT2D eigenvalue weighted by atomic mass is 32.1. The zero-order chi connectivity index (χ0) is 12.1. The third-order valence-electron chi connectivity index (χ3n) is 3.92. The summed E-state index contributed by atoms with van der Waals surface area (Å²) in [6, 6.07) is 5.53. The normalized spacial score (nSPS) is 26.9. The Bertz CT molecular complexity index is 310. The first-order valence-corrected chi connectivity index (χ1v) is 7.72. The minimum Gasteiger partial charge on any atom is -0.330 e. The fraction of sp³-hybridized carbons (Fsp3) is 0.714. The van der Waals surface area contributed by atoms with Gasteiger partial charge in [-0.05, 0) is 43.2 Å². The van der Waals surface area contributed by atoms with Crippen LogP contribution in [0.25, 0.3) is 0 Å². The minimum atomic E-state index is 0.521. The second kappa shape index (κ2) is 6.53. The zero-order valence-electron chi connectivity index (χ0n) is 10.7. The highest BCUT2D eigenvalue weighted by molar-refractivity contribution is 7.10. The Morgan fingerprint density at radius 2 is 2.29 bits per heavy atom. The number of nitrogens with two attached hydrogens (primary N) is 1. The Morgan fingerprint density at radius 1 is 1.47 bits per heavy atom. The van der Waals surface area contributed by atoms with Crippen molar-refractivity contribution in [2.24, 2.45) is 11.7 Å². The molecule has 0 bridgehead atoms. The standard InChI is InChI=1S/C14H24N2S/c1-2-12(14-8-5-9-17-14)16-13-7-4-3-6-11(13)10-15/h5,8-9,11-13,16H,2-4,6-7,10,15H2,1H3. The third kappa shape index (κ3) is 3.30. The number of rotatable bonds is 5. The van der Waals surface area contributed by atoms with E-state index in [0.29, 0.717) is 18.0 Å². The van der Waals surface area contributed by atoms with Gasteiger partial charge in [0, 0.05) is 17.0 Å². The first-order valence-electron chi connectivity index (χ1n) is 6.84. The van der Waals surface area contributed by atoms with E-state index in [1.165, 1.54) is 30.6 Å². The van der Waals surface area contributed by atoms with E-state index < -0.39 is 0 Å². The monoisotopic (exact) mass is 252 g/mol. The molecular formula is C14H24N2S. The van der Waals surface area contributed by atoms with E-state index in [9.17, 15) is 0 Å². The predicted octanol–water partition coefficient (Wildman–Crippen LogP) is 3.31. The average Bonchev–Trinajstić information content (AvgIpc) is 2.90. The van der Waals surface area contributed by atoms with Gasteiger partial charge < -0.3 is 11.1 Å². The minimum absolute atomic E-state index is 0.521. The average molecular weight is 252 g/mol. The highest BCUT2D eigenvalue weighted by Crippen LogP contribution is 2.28. The van der Waals surface area contributed by atoms with Crippen LogP contribution in [-0.2, 0) is 0 Å². The second-order valence-corrected chi connectivity index (χ2v) is 6.01. The van der Waals surface area contributed by atoms with E-state index >= 15 is 0 Å². The lowest BCUT2D eigenvalue weighted by atomic mass is 9.84. The summed E-state index contributed by atoms with van der Waals surface area (Å²) >= 11 is 1.86. The van der Waals surface area contributed by atoms with Crippen molar-refractivity contribution >= 4 is 11.3 Å². The van der Waals surface area contributed by atoms with E-state index in [0.717, 1.165) is 13.0 Å². The van der Waals surface area contributed by atoms with Crippen molar-refractivity contribution < 1.29 is 0 Å². The van der Waals surface area contributed by atoms with Crippen molar-refractivity contribution in [2.45, 2.75) is 51.1 Å². The van der Waals surface area contributed by atoms with Gasteiger partial charge in [-0.15, -0.1) is 11.3 Å². The molecule has 3 heteroatoms. The lowest BCUT2D eigenvalue weighted by Gasteiger charge is -2.34. The molecule has 1 heterocycles. The van der Waals surface area contributed by atoms with Crippen molar-refractivity contribution in [2.75, 3.05) is 6.54 Å². The maximum Gasteiger partial charge on any atom is 0.0414 e. The fourth-order valence-electron chi connectivity index (χ4n) is 2.86. The molecule has 1 aromatic rings. The number of thiophene rings is 1. The van der Waals surface area contributed by atoms with Crippen molar-refractivity contribution in [3.05, 3.63) is 22.4 Å². The molecule has 0 radical (unpaired) electrons. The summed E-state index contributed by atoms with van der Waals surface area (Å²) in [5.41, 5.74) is 5.89. The summed E-state index contributed by atoms with van der Waals surface area (Å²) < 4.78 is 0. The third-order valence-corrected chi connectivity index (χ3v) is 4.91. The van der Waals surface area contributed by atoms with Gasteiger partial charge in [0.15, 0.2) is 0 Å². The van der Waals surface area contributed by atoms with Crippen LogP contribution in [0.5, 0.6) is 0 Å². The number of nitrogens with one attached hydrogen (secondary N) is 1. The van der Waals surface area contributed by atoms with E-state index in [4.69, 9.17) is 5.73 Å². The van der Waals surface area contributed by atoms with Crippen molar-refractivity contribution in [1.29, 1.82) is 0 Å². The molecule has 2 nitrogen and oxygen atoms in total. The van der Waals surface area contributed by atoms with Gasteiger partial charge in [0.1, 0.15) is 0 Å². The van der Waals surface area contributed by atoms with Gasteiger partial charge >= 0.3 is 0 Å². The van der Waals surface area contributed by atoms with Gasteiger partial charge in [-0.1, -0.05) is 25.8 Å². The van der Waals surface area contributed by atoms with Crippen LogP contribution in [0, 0.1) is 5.92 Å². The zero-order valence-corrected chi connectivity index (χ0v) is 11.5. The molecule has 3 atom stereocenters. The lowest BCUT2D eigenvalue weighted by molar-refractivity contribution is 0.246. The smallest absolute Gasteiger partial charge is 0.0414 e. The first kappa shape index (κ1) is 13.1. The maximum atomic E-state index is 5.89. The summed E-state index contributed by atoms with van der Waals surface area (Å²) in [5.74, 6) is 0.678. The molecule has 0 aromatic carbocycles. The van der Waals surface area contributed by atoms with Crippen molar-refractivity contribution in [1.82, 2.24) is 5.32 Å². The molecule has 0 saturated heterocycles. The molecule has 0 spiro atoms. The molecule has 1 aliphatic rings. The molecule has 0 aliphatic heterocycles. The molecule has 17 heavy (non-hydrogen) atoms. The van der Waals surface area contributed by atoms with E-state index in [-0.39, 0.29) is 0 Å². The quantitative estimate of drug-likeness (QED) is 0.844. The maximum absolute atomic E-state index is 5.89. The number of hydrogen-bond donors (Lipinski definition) is 2. The largest absolute Gasteiger partial charge is 0.330 e. The summed E-state index contributed by atoms with van der Waals surface area (Å²) in [5, 5.41) is 6.01. The molecule has 3 unspecified atom stereocenters. The van der Waals surface area contributed by atoms with Gasteiger partial charge in [-0.25, -0.2) is 0 Å². The van der Waals surface area contributed by atoms with Crippen LogP contribution in [0.4, 0.5) is 0 Å². The highest BCUT2D eigenvalue weighted by Gasteiger charge is 2.26. The Balaban J connectivity index is 1.97. The molecule has 96 valence electrons. The molecule has 0 amide bonds. The summed E-state index contributed by atoms with van der Waals surface area (Å²) in [7, 11) is 0. The van der Waals surface area contributed by atoms with E-state index in [2.05, 4.69) is 29.8 Å². The van der Waals surface area contributed by atoms with Crippen LogP contribution >= 0.6 is 11.3 Å². The molecule has 1 aromatic heterocycles. The molecule has 1 saturated carbocycles. The summed E-state index contributed by atoms with van der Waals surface area (Å²) in [4.78, 5) is 1.47. The predicted molar refractivity (Wildman–Crippen MR) is 75.3 cm³/mol. The summed E-state index contributed by atoms with van der Waals surface area (Å²) in [6.45, 7) is 3.09. The van der Waals surface area contributed by atoms with Gasteiger partial charge in [0.05, 0.1) is 0 Å². The van der Waals surface area contributed by atoms with Crippen molar-refractivity contribution in [3.8, 4) is 0 Å². The van der Waals surface area contributed by atoms with E-state index in [1.54, 1.807) is 0 Å². The SMILES string of the molecule is CCC(NC1CCCCC1CN)c1cccs1. The Kier molecular flexibility index (Phi) is 5.01. The van der Waals surface area contributed by atoms with Crippen LogP contribution in [0.2, 0.25) is 0 Å². The molecule has 2 rings (SSSR count). The summed E-state index contributed by atoms with van der Waals surface area (Å²) in [6.07, 6.45) is 6.47. The molecule has 1 fully saturated rings. The lowest BCUT2D eigenvalue weighted by Crippen LogP contribution is -2.43. The van der Waals surface area contributed by atoms with Gasteiger partial charge in [-0.2, -0.15) is 0 Å². The van der Waals surface area contributed by atoms with Gasteiger partial charge in [0.2, 0.25) is 0 Å². The molecule has 3 N–H and O–H groups in total. The fourth-order valence-corrected chi connectivity index (χ4v) is 3.73. The van der Waals surface area contributed by atoms with Crippen LogP contribution in [0.1, 0.15) is 49.9 Å². The second-order valence-electron chi connectivity index (χ2n) is 5.03. The first-order chi connectivity index (χ1) is 8.35. The topological polar surface area (TPSA) is 38.0 Å². The Morgan fingerprint density at radius 3 is 2.94 bits per heavy atom. The number of hydrogen-bond acceptors (Lipinski definition) is 3.